The van der Waals surface area contributed by atoms with Crippen molar-refractivity contribution in [3.63, 3.8) is 0 Å². The molecular formula is C12H15NO. The van der Waals surface area contributed by atoms with Crippen molar-refractivity contribution in [2.24, 2.45) is 5.92 Å². The zero-order valence-electron chi connectivity index (χ0n) is 8.44. The van der Waals surface area contributed by atoms with Crippen LogP contribution in [0.2, 0.25) is 0 Å². The van der Waals surface area contributed by atoms with E-state index in [-0.39, 0.29) is 5.91 Å². The minimum absolute atomic E-state index is 0.176. The second-order valence-corrected chi connectivity index (χ2v) is 4.01. The van der Waals surface area contributed by atoms with Gasteiger partial charge in [-0.3, -0.25) is 4.79 Å². The molecule has 0 aliphatic carbocycles. The molecule has 0 aromatic heterocycles. The predicted octanol–water partition coefficient (Wildman–Crippen LogP) is 2.17. The van der Waals surface area contributed by atoms with E-state index in [4.69, 9.17) is 0 Å². The number of benzene rings is 1. The number of rotatable bonds is 1. The molecule has 74 valence electrons. The van der Waals surface area contributed by atoms with Crippen molar-refractivity contribution in [3.8, 4) is 0 Å². The third kappa shape index (κ3) is 1.79. The zero-order valence-corrected chi connectivity index (χ0v) is 8.44. The molecule has 0 N–H and O–H groups in total. The molecule has 1 aromatic rings. The van der Waals surface area contributed by atoms with Gasteiger partial charge in [-0.2, -0.15) is 0 Å². The minimum atomic E-state index is 0.176. The third-order valence-corrected chi connectivity index (χ3v) is 2.73. The highest BCUT2D eigenvalue weighted by Gasteiger charge is 2.23. The number of hydrogen-bond donors (Lipinski definition) is 0. The van der Waals surface area contributed by atoms with Gasteiger partial charge in [-0.05, 0) is 24.5 Å². The molecule has 0 spiro atoms. The fourth-order valence-corrected chi connectivity index (χ4v) is 1.88. The van der Waals surface area contributed by atoms with Gasteiger partial charge in [0.1, 0.15) is 0 Å². The quantitative estimate of drug-likeness (QED) is 0.663. The van der Waals surface area contributed by atoms with Crippen LogP contribution in [0.15, 0.2) is 30.3 Å². The summed E-state index contributed by atoms with van der Waals surface area (Å²) in [5.41, 5.74) is 0.807. The second-order valence-electron chi connectivity index (χ2n) is 4.01. The summed E-state index contributed by atoms with van der Waals surface area (Å²) in [6.45, 7) is 4.01. The van der Waals surface area contributed by atoms with Gasteiger partial charge >= 0.3 is 0 Å². The summed E-state index contributed by atoms with van der Waals surface area (Å²) >= 11 is 0. The Balaban J connectivity index is 2.10. The summed E-state index contributed by atoms with van der Waals surface area (Å²) in [7, 11) is 0. The van der Waals surface area contributed by atoms with Crippen molar-refractivity contribution in [1.29, 1.82) is 0 Å². The number of hydrogen-bond acceptors (Lipinski definition) is 1. The van der Waals surface area contributed by atoms with Crippen LogP contribution in [0.5, 0.6) is 0 Å². The lowest BCUT2D eigenvalue weighted by atomic mass is 10.2. The highest BCUT2D eigenvalue weighted by Crippen LogP contribution is 2.17. The van der Waals surface area contributed by atoms with E-state index < -0.39 is 0 Å². The lowest BCUT2D eigenvalue weighted by molar-refractivity contribution is 0.0788. The predicted molar refractivity (Wildman–Crippen MR) is 56.1 cm³/mol. The number of likely N-dealkylation sites (tertiary alicyclic amines) is 1. The molecule has 2 nitrogen and oxygen atoms in total. The Morgan fingerprint density at radius 2 is 2.07 bits per heavy atom. The maximum atomic E-state index is 11.9. The molecular weight excluding hydrogens is 174 g/mol. The van der Waals surface area contributed by atoms with Crippen molar-refractivity contribution < 1.29 is 4.79 Å². The van der Waals surface area contributed by atoms with E-state index in [1.165, 1.54) is 0 Å². The Kier molecular flexibility index (Phi) is 2.53. The maximum absolute atomic E-state index is 11.9. The van der Waals surface area contributed by atoms with Gasteiger partial charge < -0.3 is 4.90 Å². The number of nitrogens with zero attached hydrogens (tertiary/aromatic N) is 1. The molecule has 1 aliphatic heterocycles. The van der Waals surface area contributed by atoms with E-state index in [0.717, 1.165) is 25.1 Å². The van der Waals surface area contributed by atoms with Crippen LogP contribution in [0.1, 0.15) is 23.7 Å². The van der Waals surface area contributed by atoms with Crippen LogP contribution in [0.25, 0.3) is 0 Å². The third-order valence-electron chi connectivity index (χ3n) is 2.73. The van der Waals surface area contributed by atoms with E-state index in [1.54, 1.807) is 0 Å². The summed E-state index contributed by atoms with van der Waals surface area (Å²) in [4.78, 5) is 13.9. The van der Waals surface area contributed by atoms with Crippen LogP contribution >= 0.6 is 0 Å². The molecule has 1 saturated heterocycles. The van der Waals surface area contributed by atoms with Gasteiger partial charge in [-0.15, -0.1) is 0 Å². The SMILES string of the molecule is CC1CCN(C(=O)c2ccccc2)C1. The Labute approximate surface area is 84.5 Å². The van der Waals surface area contributed by atoms with Crippen LogP contribution in [-0.4, -0.2) is 23.9 Å². The molecule has 0 radical (unpaired) electrons. The second kappa shape index (κ2) is 3.82. The molecule has 14 heavy (non-hydrogen) atoms. The molecule has 1 amide bonds. The molecule has 1 heterocycles. The number of amides is 1. The van der Waals surface area contributed by atoms with Gasteiger partial charge in [0.15, 0.2) is 0 Å². The lowest BCUT2D eigenvalue weighted by Gasteiger charge is -2.15. The highest BCUT2D eigenvalue weighted by molar-refractivity contribution is 5.94. The van der Waals surface area contributed by atoms with Gasteiger partial charge in [-0.1, -0.05) is 25.1 Å². The van der Waals surface area contributed by atoms with Gasteiger partial charge in [-0.25, -0.2) is 0 Å². The smallest absolute Gasteiger partial charge is 0.253 e. The summed E-state index contributed by atoms with van der Waals surface area (Å²) in [6, 6.07) is 9.51. The molecule has 2 heteroatoms. The van der Waals surface area contributed by atoms with E-state index >= 15 is 0 Å². The molecule has 0 bridgehead atoms. The average molecular weight is 189 g/mol. The van der Waals surface area contributed by atoms with Crippen molar-refractivity contribution in [1.82, 2.24) is 4.90 Å². The molecule has 1 atom stereocenters. The van der Waals surface area contributed by atoms with Crippen molar-refractivity contribution in [2.45, 2.75) is 13.3 Å². The van der Waals surface area contributed by atoms with E-state index in [1.807, 2.05) is 35.2 Å². The van der Waals surface area contributed by atoms with Crippen molar-refractivity contribution in [2.75, 3.05) is 13.1 Å². The Morgan fingerprint density at radius 3 is 2.64 bits per heavy atom. The molecule has 1 fully saturated rings. The average Bonchev–Trinajstić information content (AvgIpc) is 2.65. The van der Waals surface area contributed by atoms with Crippen molar-refractivity contribution in [3.05, 3.63) is 35.9 Å². The topological polar surface area (TPSA) is 20.3 Å². The van der Waals surface area contributed by atoms with Gasteiger partial charge in [0, 0.05) is 18.7 Å². The minimum Gasteiger partial charge on any atom is -0.338 e. The normalized spacial score (nSPS) is 21.2. The van der Waals surface area contributed by atoms with Crippen molar-refractivity contribution >= 4 is 5.91 Å². The molecule has 0 saturated carbocycles. The number of carbonyl (C=O) groups excluding carboxylic acids is 1. The van der Waals surface area contributed by atoms with Crippen LogP contribution < -0.4 is 0 Å². The Bertz CT molecular complexity index is 320. The van der Waals surface area contributed by atoms with E-state index in [9.17, 15) is 4.79 Å². The summed E-state index contributed by atoms with van der Waals surface area (Å²) in [5.74, 6) is 0.831. The standard InChI is InChI=1S/C12H15NO/c1-10-7-8-13(9-10)12(14)11-5-3-2-4-6-11/h2-6,10H,7-9H2,1H3. The Morgan fingerprint density at radius 1 is 1.36 bits per heavy atom. The van der Waals surface area contributed by atoms with Crippen LogP contribution in [0.3, 0.4) is 0 Å². The summed E-state index contributed by atoms with van der Waals surface area (Å²) in [5, 5.41) is 0. The lowest BCUT2D eigenvalue weighted by Crippen LogP contribution is -2.28. The Hall–Kier alpha value is -1.31. The first kappa shape index (κ1) is 9.25. The first-order valence-corrected chi connectivity index (χ1v) is 5.11. The fraction of sp³-hybridized carbons (Fsp3) is 0.417. The highest BCUT2D eigenvalue weighted by atomic mass is 16.2. The monoisotopic (exact) mass is 189 g/mol. The van der Waals surface area contributed by atoms with Gasteiger partial charge in [0.25, 0.3) is 5.91 Å². The first-order chi connectivity index (χ1) is 6.77. The van der Waals surface area contributed by atoms with Crippen LogP contribution in [0, 0.1) is 5.92 Å². The summed E-state index contributed by atoms with van der Waals surface area (Å²) < 4.78 is 0. The van der Waals surface area contributed by atoms with Gasteiger partial charge in [0.2, 0.25) is 0 Å². The van der Waals surface area contributed by atoms with Crippen LogP contribution in [-0.2, 0) is 0 Å². The largest absolute Gasteiger partial charge is 0.338 e. The zero-order chi connectivity index (χ0) is 9.97. The number of carbonyl (C=O) groups is 1. The molecule has 2 rings (SSSR count). The van der Waals surface area contributed by atoms with Gasteiger partial charge in [0.05, 0.1) is 0 Å². The summed E-state index contributed by atoms with van der Waals surface area (Å²) in [6.07, 6.45) is 1.14. The fourth-order valence-electron chi connectivity index (χ4n) is 1.88. The first-order valence-electron chi connectivity index (χ1n) is 5.11. The van der Waals surface area contributed by atoms with Crippen LogP contribution in [0.4, 0.5) is 0 Å². The van der Waals surface area contributed by atoms with E-state index in [0.29, 0.717) is 5.92 Å². The molecule has 1 unspecified atom stereocenters. The molecule has 1 aromatic carbocycles. The van der Waals surface area contributed by atoms with E-state index in [2.05, 4.69) is 6.92 Å². The molecule has 1 aliphatic rings. The maximum Gasteiger partial charge on any atom is 0.253 e.